The molecule has 2 N–H and O–H groups in total. The minimum Gasteiger partial charge on any atom is -0.481 e. The highest BCUT2D eigenvalue weighted by Crippen LogP contribution is 2.38. The van der Waals surface area contributed by atoms with Crippen molar-refractivity contribution >= 4 is 19.2 Å². The molecule has 0 atom stereocenters. The maximum Gasteiger partial charge on any atom is 0.491 e. The molecule has 0 bridgehead atoms. The number of halogens is 1. The van der Waals surface area contributed by atoms with E-state index >= 15 is 0 Å². The van der Waals surface area contributed by atoms with Crippen LogP contribution in [-0.2, 0) is 20.5 Å². The van der Waals surface area contributed by atoms with Gasteiger partial charge in [0, 0.05) is 6.54 Å². The van der Waals surface area contributed by atoms with Crippen LogP contribution in [0.1, 0.15) is 38.8 Å². The van der Waals surface area contributed by atoms with Crippen LogP contribution >= 0.6 is 0 Å². The maximum absolute atomic E-state index is 13.8. The van der Waals surface area contributed by atoms with Gasteiger partial charge in [0.1, 0.15) is 5.82 Å². The van der Waals surface area contributed by atoms with Crippen molar-refractivity contribution in [3.63, 3.8) is 0 Å². The minimum atomic E-state index is -1.07. The molecule has 2 rings (SSSR count). The van der Waals surface area contributed by atoms with Crippen LogP contribution in [0.3, 0.4) is 0 Å². The first-order valence-electron chi connectivity index (χ1n) is 8.26. The average molecular weight is 349 g/mol. The number of aliphatic carboxylic acids is 1. The third-order valence-electron chi connectivity index (χ3n) is 4.70. The van der Waals surface area contributed by atoms with Crippen molar-refractivity contribution in [3.8, 4) is 0 Å². The first-order valence-corrected chi connectivity index (χ1v) is 8.26. The van der Waals surface area contributed by atoms with Crippen molar-refractivity contribution in [2.24, 2.45) is 0 Å². The van der Waals surface area contributed by atoms with Crippen molar-refractivity contribution < 1.29 is 23.6 Å². The van der Waals surface area contributed by atoms with Gasteiger partial charge in [-0.2, -0.15) is 0 Å². The van der Waals surface area contributed by atoms with Crippen molar-refractivity contribution in [1.29, 1.82) is 0 Å². The molecule has 7 heteroatoms. The van der Waals surface area contributed by atoms with Crippen LogP contribution < -0.4 is 5.32 Å². The first-order chi connectivity index (χ1) is 11.6. The van der Waals surface area contributed by atoms with Gasteiger partial charge in [0.05, 0.1) is 17.6 Å². The zero-order valence-electron chi connectivity index (χ0n) is 15.4. The van der Waals surface area contributed by atoms with Crippen LogP contribution in [0.25, 0.3) is 6.08 Å². The summed E-state index contributed by atoms with van der Waals surface area (Å²) < 4.78 is 25.9. The van der Waals surface area contributed by atoms with Crippen molar-refractivity contribution in [3.05, 3.63) is 40.6 Å². The van der Waals surface area contributed by atoms with Gasteiger partial charge in [-0.25, -0.2) is 4.39 Å². The number of rotatable bonds is 6. The van der Waals surface area contributed by atoms with E-state index in [0.29, 0.717) is 12.1 Å². The van der Waals surface area contributed by atoms with Crippen molar-refractivity contribution in [1.82, 2.24) is 5.32 Å². The molecule has 136 valence electrons. The Bertz CT molecular complexity index is 672. The fourth-order valence-electron chi connectivity index (χ4n) is 2.60. The summed E-state index contributed by atoms with van der Waals surface area (Å²) in [4.78, 5) is 10.9. The summed E-state index contributed by atoms with van der Waals surface area (Å²) in [7, 11) is 1.30. The zero-order chi connectivity index (χ0) is 18.8. The van der Waals surface area contributed by atoms with Crippen molar-refractivity contribution in [2.75, 3.05) is 13.6 Å². The summed E-state index contributed by atoms with van der Waals surface area (Å²) in [6.07, 6.45) is 1.49. The number of nitrogens with one attached hydrogen (secondary N) is 1. The van der Waals surface area contributed by atoms with Gasteiger partial charge in [-0.3, -0.25) is 4.79 Å². The Morgan fingerprint density at radius 2 is 1.88 bits per heavy atom. The highest BCUT2D eigenvalue weighted by atomic mass is 19.1. The number of carboxylic acid groups (broad SMARTS) is 1. The van der Waals surface area contributed by atoms with E-state index in [1.54, 1.807) is 12.1 Å². The zero-order valence-corrected chi connectivity index (χ0v) is 15.4. The summed E-state index contributed by atoms with van der Waals surface area (Å²) in [5.74, 6) is -1.59. The predicted octanol–water partition coefficient (Wildman–Crippen LogP) is 2.69. The second kappa shape index (κ2) is 7.27. The monoisotopic (exact) mass is 349 g/mol. The summed E-state index contributed by atoms with van der Waals surface area (Å²) in [6.45, 7) is 8.45. The van der Waals surface area contributed by atoms with Gasteiger partial charge in [-0.1, -0.05) is 12.1 Å². The molecule has 1 aliphatic heterocycles. The van der Waals surface area contributed by atoms with Gasteiger partial charge in [0.25, 0.3) is 0 Å². The molecule has 5 nitrogen and oxygen atoms in total. The molecule has 1 aliphatic rings. The van der Waals surface area contributed by atoms with E-state index in [1.807, 2.05) is 40.8 Å². The number of likely N-dealkylation sites (N-methyl/N-ethyl adjacent to an activating group) is 1. The molecular weight excluding hydrogens is 324 g/mol. The fourth-order valence-corrected chi connectivity index (χ4v) is 2.60. The molecule has 25 heavy (non-hydrogen) atoms. The number of benzene rings is 1. The SMILES string of the molecule is CNCC(=Cc1ccc(F)c(CC(=O)O)c1)B1OC(C)(C)C(C)(C)O1. The van der Waals surface area contributed by atoms with E-state index in [9.17, 15) is 9.18 Å². The lowest BCUT2D eigenvalue weighted by Crippen LogP contribution is -2.41. The summed E-state index contributed by atoms with van der Waals surface area (Å²) >= 11 is 0. The Hall–Kier alpha value is -1.70. The molecule has 0 unspecified atom stereocenters. The quantitative estimate of drug-likeness (QED) is 0.773. The second-order valence-electron chi connectivity index (χ2n) is 7.26. The van der Waals surface area contributed by atoms with Gasteiger partial charge < -0.3 is 19.7 Å². The lowest BCUT2D eigenvalue weighted by Gasteiger charge is -2.32. The molecule has 0 saturated carbocycles. The van der Waals surface area contributed by atoms with E-state index in [0.717, 1.165) is 5.47 Å². The number of hydrogen-bond donors (Lipinski definition) is 2. The van der Waals surface area contributed by atoms with Crippen LogP contribution in [0, 0.1) is 5.82 Å². The summed E-state index contributed by atoms with van der Waals surface area (Å²) in [5, 5.41) is 12.0. The Morgan fingerprint density at radius 1 is 1.28 bits per heavy atom. The van der Waals surface area contributed by atoms with Gasteiger partial charge in [-0.05, 0) is 63.5 Å². The van der Waals surface area contributed by atoms with Crippen LogP contribution in [0.4, 0.5) is 4.39 Å². The van der Waals surface area contributed by atoms with E-state index in [1.165, 1.54) is 6.07 Å². The first kappa shape index (κ1) is 19.6. The smallest absolute Gasteiger partial charge is 0.481 e. The highest BCUT2D eigenvalue weighted by molar-refractivity contribution is 6.55. The average Bonchev–Trinajstić information content (AvgIpc) is 2.70. The van der Waals surface area contributed by atoms with E-state index in [-0.39, 0.29) is 12.0 Å². The van der Waals surface area contributed by atoms with Gasteiger partial charge in [0.15, 0.2) is 0 Å². The van der Waals surface area contributed by atoms with Gasteiger partial charge in [-0.15, -0.1) is 0 Å². The minimum absolute atomic E-state index is 0.152. The Kier molecular flexibility index (Phi) is 5.71. The maximum atomic E-state index is 13.8. The summed E-state index contributed by atoms with van der Waals surface area (Å²) in [5.41, 5.74) is 0.800. The van der Waals surface area contributed by atoms with Gasteiger partial charge >= 0.3 is 13.1 Å². The Morgan fingerprint density at radius 3 is 2.40 bits per heavy atom. The molecule has 0 amide bonds. The van der Waals surface area contributed by atoms with Crippen LogP contribution in [-0.4, -0.2) is 43.0 Å². The normalized spacial score (nSPS) is 19.3. The molecule has 1 saturated heterocycles. The van der Waals surface area contributed by atoms with Gasteiger partial charge in [0.2, 0.25) is 0 Å². The molecule has 0 radical (unpaired) electrons. The Labute approximate surface area is 148 Å². The van der Waals surface area contributed by atoms with E-state index < -0.39 is 30.1 Å². The lowest BCUT2D eigenvalue weighted by atomic mass is 9.77. The third-order valence-corrected chi connectivity index (χ3v) is 4.70. The standard InChI is InChI=1S/C18H25BFNO4/c1-17(2)18(3,4)25-19(24-17)14(11-21-5)9-12-6-7-15(20)13(8-12)10-16(22)23/h6-9,21H,10-11H2,1-5H3,(H,22,23). The fraction of sp³-hybridized carbons (Fsp3) is 0.500. The van der Waals surface area contributed by atoms with E-state index in [2.05, 4.69) is 5.32 Å². The molecule has 1 aromatic rings. The van der Waals surface area contributed by atoms with Crippen molar-refractivity contribution in [2.45, 2.75) is 45.3 Å². The topological polar surface area (TPSA) is 67.8 Å². The number of hydrogen-bond acceptors (Lipinski definition) is 4. The van der Waals surface area contributed by atoms with Crippen LogP contribution in [0.2, 0.25) is 0 Å². The largest absolute Gasteiger partial charge is 0.491 e. The second-order valence-corrected chi connectivity index (χ2v) is 7.26. The molecule has 1 fully saturated rings. The molecule has 1 heterocycles. The van der Waals surface area contributed by atoms with Crippen LogP contribution in [0.5, 0.6) is 0 Å². The molecular formula is C18H25BFNO4. The summed E-state index contributed by atoms with van der Waals surface area (Å²) in [6, 6.07) is 4.44. The molecule has 0 aliphatic carbocycles. The lowest BCUT2D eigenvalue weighted by molar-refractivity contribution is -0.136. The molecule has 1 aromatic carbocycles. The van der Waals surface area contributed by atoms with E-state index in [4.69, 9.17) is 14.4 Å². The molecule has 0 spiro atoms. The van der Waals surface area contributed by atoms with Crippen LogP contribution in [0.15, 0.2) is 23.7 Å². The highest BCUT2D eigenvalue weighted by Gasteiger charge is 2.52. The number of carboxylic acids is 1. The molecule has 0 aromatic heterocycles. The number of carbonyl (C=O) groups is 1. The third kappa shape index (κ3) is 4.48. The Balaban J connectivity index is 2.33. The predicted molar refractivity (Wildman–Crippen MR) is 95.7 cm³/mol.